The molecule has 0 aliphatic rings. The summed E-state index contributed by atoms with van der Waals surface area (Å²) in [5.74, 6) is 0.389. The Hall–Kier alpha value is -3.99. The van der Waals surface area contributed by atoms with E-state index in [-0.39, 0.29) is 36.5 Å². The summed E-state index contributed by atoms with van der Waals surface area (Å²) in [4.78, 5) is 45.7. The molecule has 2 aromatic rings. The fourth-order valence-corrected chi connectivity index (χ4v) is 3.48. The van der Waals surface area contributed by atoms with E-state index < -0.39 is 0 Å². The lowest BCUT2D eigenvalue weighted by molar-refractivity contribution is -0.121. The number of anilines is 2. The number of nitrogens with one attached hydrogen (secondary N) is 4. The van der Waals surface area contributed by atoms with Gasteiger partial charge in [0.2, 0.25) is 23.6 Å². The van der Waals surface area contributed by atoms with Crippen molar-refractivity contribution in [3.05, 3.63) is 59.7 Å². The maximum atomic E-state index is 11.9. The third-order valence-electron chi connectivity index (χ3n) is 4.21. The average molecular weight is 497 g/mol. The Bertz CT molecular complexity index is 983. The van der Waals surface area contributed by atoms with Gasteiger partial charge in [0.15, 0.2) is 0 Å². The van der Waals surface area contributed by atoms with Gasteiger partial charge < -0.3 is 10.6 Å². The van der Waals surface area contributed by atoms with Gasteiger partial charge in [-0.2, -0.15) is 22.0 Å². The van der Waals surface area contributed by atoms with Gasteiger partial charge in [0, 0.05) is 49.6 Å². The van der Waals surface area contributed by atoms with Gasteiger partial charge in [0.05, 0.1) is 12.4 Å². The van der Waals surface area contributed by atoms with E-state index in [0.29, 0.717) is 22.9 Å². The predicted octanol–water partition coefficient (Wildman–Crippen LogP) is 2.72. The van der Waals surface area contributed by atoms with Crippen molar-refractivity contribution in [3.63, 3.8) is 0 Å². The Labute approximate surface area is 208 Å². The molecule has 2 rings (SSSR count). The monoisotopic (exact) mass is 496 g/mol. The lowest BCUT2D eigenvalue weighted by atomic mass is 10.2. The number of hydrogen-bond acceptors (Lipinski definition) is 7. The number of carbonyl (C=O) groups is 4. The summed E-state index contributed by atoms with van der Waals surface area (Å²) in [5.41, 5.74) is 7.86. The van der Waals surface area contributed by atoms with E-state index in [2.05, 4.69) is 31.7 Å². The second-order valence-corrected chi connectivity index (χ2v) is 8.53. The largest absolute Gasteiger partial charge is 0.326 e. The van der Waals surface area contributed by atoms with Crippen LogP contribution in [0, 0.1) is 0 Å². The maximum absolute atomic E-state index is 11.9. The first-order valence-electron chi connectivity index (χ1n) is 10.8. The average Bonchev–Trinajstić information content (AvgIpc) is 2.80. The van der Waals surface area contributed by atoms with Crippen LogP contribution in [0.4, 0.5) is 11.4 Å². The summed E-state index contributed by atoms with van der Waals surface area (Å²) < 4.78 is 0. The van der Waals surface area contributed by atoms with E-state index in [1.807, 2.05) is 0 Å². The van der Waals surface area contributed by atoms with Crippen LogP contribution in [0.25, 0.3) is 0 Å². The normalized spacial score (nSPS) is 10.8. The van der Waals surface area contributed by atoms with E-state index in [4.69, 9.17) is 0 Å². The van der Waals surface area contributed by atoms with Crippen molar-refractivity contribution in [2.24, 2.45) is 10.2 Å². The molecule has 0 saturated heterocycles. The lowest BCUT2D eigenvalue weighted by Crippen LogP contribution is -2.19. The van der Waals surface area contributed by atoms with Gasteiger partial charge in [0.25, 0.3) is 0 Å². The smallest absolute Gasteiger partial charge is 0.240 e. The van der Waals surface area contributed by atoms with Crippen LogP contribution in [0.1, 0.15) is 37.8 Å². The molecule has 0 fully saturated rings. The topological polar surface area (TPSA) is 141 Å². The molecule has 0 heterocycles. The van der Waals surface area contributed by atoms with Crippen molar-refractivity contribution >= 4 is 59.2 Å². The minimum atomic E-state index is -0.220. The van der Waals surface area contributed by atoms with E-state index in [1.165, 1.54) is 38.0 Å². The van der Waals surface area contributed by atoms with Crippen molar-refractivity contribution in [2.45, 2.75) is 26.7 Å². The first-order valence-corrected chi connectivity index (χ1v) is 11.9. The van der Waals surface area contributed by atoms with Crippen LogP contribution in [0.2, 0.25) is 0 Å². The number of amides is 4. The first kappa shape index (κ1) is 27.3. The number of nitrogens with zero attached hydrogens (tertiary/aromatic N) is 2. The highest BCUT2D eigenvalue weighted by Gasteiger charge is 2.03. The van der Waals surface area contributed by atoms with Crippen molar-refractivity contribution in [3.8, 4) is 0 Å². The second kappa shape index (κ2) is 15.0. The van der Waals surface area contributed by atoms with Gasteiger partial charge in [-0.25, -0.2) is 10.9 Å². The molecule has 184 valence electrons. The minimum Gasteiger partial charge on any atom is -0.326 e. The van der Waals surface area contributed by atoms with Crippen LogP contribution in [-0.2, 0) is 19.2 Å². The number of thioether (sulfide) groups is 1. The maximum Gasteiger partial charge on any atom is 0.240 e. The van der Waals surface area contributed by atoms with Crippen LogP contribution in [0.5, 0.6) is 0 Å². The van der Waals surface area contributed by atoms with Crippen molar-refractivity contribution < 1.29 is 19.2 Å². The molecule has 2 aromatic carbocycles. The molecule has 0 saturated carbocycles. The molecule has 0 aromatic heterocycles. The van der Waals surface area contributed by atoms with Gasteiger partial charge in [-0.05, 0) is 35.4 Å². The zero-order chi connectivity index (χ0) is 25.5. The summed E-state index contributed by atoms with van der Waals surface area (Å²) in [6.45, 7) is 2.88. The number of carbonyl (C=O) groups excluding carboxylic acids is 4. The van der Waals surface area contributed by atoms with Crippen LogP contribution in [-0.4, -0.2) is 47.6 Å². The molecule has 0 radical (unpaired) electrons. The Morgan fingerprint density at radius 3 is 1.40 bits per heavy atom. The summed E-state index contributed by atoms with van der Waals surface area (Å²) in [6.07, 6.45) is 3.59. The van der Waals surface area contributed by atoms with Crippen molar-refractivity contribution in [2.75, 3.05) is 22.1 Å². The Morgan fingerprint density at radius 1 is 0.686 bits per heavy atom. The predicted molar refractivity (Wildman–Crippen MR) is 140 cm³/mol. The van der Waals surface area contributed by atoms with Crippen LogP contribution < -0.4 is 21.5 Å². The standard InChI is InChI=1S/C24H28N6O4S/c1-17(31)27-21-7-3-19(4-8-21)15-25-29-23(33)11-13-35-14-12-24(34)30-26-16-20-5-9-22(10-6-20)28-18(2)32/h3-10,15-16H,11-14H2,1-2H3,(H,27,31)(H,28,32)(H,29,33)(H,30,34)/b25-15+,26-16?. The molecule has 0 bridgehead atoms. The highest BCUT2D eigenvalue weighted by atomic mass is 32.2. The van der Waals surface area contributed by atoms with Crippen LogP contribution >= 0.6 is 11.8 Å². The van der Waals surface area contributed by atoms with E-state index in [9.17, 15) is 19.2 Å². The molecule has 10 nitrogen and oxygen atoms in total. The fraction of sp³-hybridized carbons (Fsp3) is 0.250. The fourth-order valence-electron chi connectivity index (χ4n) is 2.61. The molecule has 35 heavy (non-hydrogen) atoms. The van der Waals surface area contributed by atoms with E-state index >= 15 is 0 Å². The van der Waals surface area contributed by atoms with Crippen molar-refractivity contribution in [1.29, 1.82) is 0 Å². The van der Waals surface area contributed by atoms with E-state index in [1.54, 1.807) is 48.5 Å². The molecule has 0 atom stereocenters. The van der Waals surface area contributed by atoms with Gasteiger partial charge >= 0.3 is 0 Å². The van der Waals surface area contributed by atoms with Gasteiger partial charge in [0.1, 0.15) is 0 Å². The Morgan fingerprint density at radius 2 is 1.06 bits per heavy atom. The molecule has 4 amide bonds. The number of hydrazone groups is 2. The molecular weight excluding hydrogens is 468 g/mol. The number of rotatable bonds is 12. The highest BCUT2D eigenvalue weighted by molar-refractivity contribution is 7.99. The first-order chi connectivity index (χ1) is 16.8. The molecule has 0 aliphatic carbocycles. The number of benzene rings is 2. The molecule has 0 unspecified atom stereocenters. The lowest BCUT2D eigenvalue weighted by Gasteiger charge is -2.03. The summed E-state index contributed by atoms with van der Waals surface area (Å²) in [5, 5.41) is 13.2. The zero-order valence-electron chi connectivity index (χ0n) is 19.5. The SMILES string of the molecule is CC(=O)Nc1ccc(C=NNC(=O)CCSCCC(=O)N/N=C/c2ccc(NC(C)=O)cc2)cc1. The Balaban J connectivity index is 1.56. The third-order valence-corrected chi connectivity index (χ3v) is 5.20. The van der Waals surface area contributed by atoms with Gasteiger partial charge in [-0.15, -0.1) is 0 Å². The van der Waals surface area contributed by atoms with Gasteiger partial charge in [-0.1, -0.05) is 24.3 Å². The summed E-state index contributed by atoms with van der Waals surface area (Å²) in [6, 6.07) is 14.1. The molecule has 0 aliphatic heterocycles. The quantitative estimate of drug-likeness (QED) is 0.203. The van der Waals surface area contributed by atoms with Crippen LogP contribution in [0.15, 0.2) is 58.7 Å². The number of hydrogen-bond donors (Lipinski definition) is 4. The zero-order valence-corrected chi connectivity index (χ0v) is 20.4. The molecular formula is C24H28N6O4S. The van der Waals surface area contributed by atoms with Crippen LogP contribution in [0.3, 0.4) is 0 Å². The minimum absolute atomic E-state index is 0.145. The van der Waals surface area contributed by atoms with Crippen molar-refractivity contribution in [1.82, 2.24) is 10.9 Å². The van der Waals surface area contributed by atoms with E-state index in [0.717, 1.165) is 11.1 Å². The summed E-state index contributed by atoms with van der Waals surface area (Å²) >= 11 is 1.49. The Kier molecular flexibility index (Phi) is 11.7. The second-order valence-electron chi connectivity index (χ2n) is 7.31. The highest BCUT2D eigenvalue weighted by Crippen LogP contribution is 2.09. The molecule has 11 heteroatoms. The van der Waals surface area contributed by atoms with Gasteiger partial charge in [-0.3, -0.25) is 19.2 Å². The molecule has 4 N–H and O–H groups in total. The molecule has 0 spiro atoms. The summed E-state index contributed by atoms with van der Waals surface area (Å²) in [7, 11) is 0. The third kappa shape index (κ3) is 12.2.